The standard InChI is InChI=1S/C10H9ClFN.C9H8ClFN2.ClH/c1-2-6-3-4-8-9(10(6)12)7(11)5-13-8;10-6-4-13-7-2-1-5(3-12)9(11)8(6)7;/h3-5,13H,2H2,1H3;1-2,4,13H,3,12H2;1H. The summed E-state index contributed by atoms with van der Waals surface area (Å²) < 4.78 is 27.2. The van der Waals surface area contributed by atoms with Crippen LogP contribution in [0, 0.1) is 11.6 Å². The van der Waals surface area contributed by atoms with Crippen molar-refractivity contribution < 1.29 is 8.78 Å². The highest BCUT2D eigenvalue weighted by Gasteiger charge is 2.11. The Labute approximate surface area is 171 Å². The zero-order valence-corrected chi connectivity index (χ0v) is 16.7. The van der Waals surface area contributed by atoms with E-state index >= 15 is 0 Å². The van der Waals surface area contributed by atoms with Gasteiger partial charge < -0.3 is 15.7 Å². The highest BCUT2D eigenvalue weighted by molar-refractivity contribution is 6.36. The number of hydrogen-bond donors (Lipinski definition) is 3. The van der Waals surface area contributed by atoms with Gasteiger partial charge in [0.05, 0.1) is 20.8 Å². The molecule has 144 valence electrons. The molecule has 0 fully saturated rings. The molecule has 4 aromatic rings. The van der Waals surface area contributed by atoms with Crippen molar-refractivity contribution >= 4 is 57.4 Å². The van der Waals surface area contributed by atoms with Crippen LogP contribution in [0.15, 0.2) is 36.7 Å². The minimum absolute atomic E-state index is 0. The Bertz CT molecular complexity index is 987. The van der Waals surface area contributed by atoms with E-state index in [0.29, 0.717) is 43.9 Å². The number of nitrogens with two attached hydrogens (primary N) is 1. The van der Waals surface area contributed by atoms with E-state index in [4.69, 9.17) is 28.9 Å². The van der Waals surface area contributed by atoms with Crippen LogP contribution in [0.4, 0.5) is 8.78 Å². The second kappa shape index (κ2) is 8.93. The molecule has 0 atom stereocenters. The summed E-state index contributed by atoms with van der Waals surface area (Å²) in [6.45, 7) is 2.11. The lowest BCUT2D eigenvalue weighted by molar-refractivity contribution is 0.623. The molecule has 0 aliphatic rings. The van der Waals surface area contributed by atoms with Crippen molar-refractivity contribution in [2.45, 2.75) is 19.9 Å². The minimum Gasteiger partial charge on any atom is -0.360 e. The Kier molecular flexibility index (Phi) is 7.12. The smallest absolute Gasteiger partial charge is 0.138 e. The van der Waals surface area contributed by atoms with Gasteiger partial charge in [-0.2, -0.15) is 0 Å². The van der Waals surface area contributed by atoms with Crippen LogP contribution in [0.1, 0.15) is 18.1 Å². The third-order valence-corrected chi connectivity index (χ3v) is 4.83. The lowest BCUT2D eigenvalue weighted by atomic mass is 10.1. The van der Waals surface area contributed by atoms with E-state index in [1.54, 1.807) is 30.6 Å². The van der Waals surface area contributed by atoms with Crippen molar-refractivity contribution in [2.24, 2.45) is 5.73 Å². The average Bonchev–Trinajstić information content (AvgIpc) is 3.20. The molecule has 2 aromatic heterocycles. The fourth-order valence-corrected chi connectivity index (χ4v) is 3.28. The van der Waals surface area contributed by atoms with E-state index in [1.165, 1.54) is 0 Å². The molecule has 0 unspecified atom stereocenters. The Morgan fingerprint density at radius 3 is 1.74 bits per heavy atom. The van der Waals surface area contributed by atoms with Crippen LogP contribution in [-0.4, -0.2) is 9.97 Å². The quantitative estimate of drug-likeness (QED) is 0.339. The molecule has 0 radical (unpaired) electrons. The number of aromatic amines is 2. The van der Waals surface area contributed by atoms with Gasteiger partial charge in [0.1, 0.15) is 11.6 Å². The monoisotopic (exact) mass is 431 g/mol. The number of H-pyrrole nitrogens is 2. The Hall–Kier alpha value is -1.79. The van der Waals surface area contributed by atoms with Crippen LogP contribution in [0.2, 0.25) is 10.0 Å². The van der Waals surface area contributed by atoms with Crippen molar-refractivity contribution in [3.63, 3.8) is 0 Å². The average molecular weight is 433 g/mol. The van der Waals surface area contributed by atoms with E-state index in [9.17, 15) is 8.78 Å². The summed E-state index contributed by atoms with van der Waals surface area (Å²) in [5.41, 5.74) is 7.99. The van der Waals surface area contributed by atoms with Gasteiger partial charge in [0, 0.05) is 35.5 Å². The SMILES string of the molecule is CCc1ccc2[nH]cc(Cl)c2c1F.Cl.NCc1ccc2[nH]cc(Cl)c2c1F. The van der Waals surface area contributed by atoms with E-state index in [0.717, 1.165) is 5.52 Å². The number of nitrogens with one attached hydrogen (secondary N) is 2. The Morgan fingerprint density at radius 1 is 0.852 bits per heavy atom. The molecule has 0 saturated carbocycles. The van der Waals surface area contributed by atoms with Gasteiger partial charge >= 0.3 is 0 Å². The topological polar surface area (TPSA) is 57.6 Å². The molecule has 4 rings (SSSR count). The van der Waals surface area contributed by atoms with Crippen LogP contribution < -0.4 is 5.73 Å². The summed E-state index contributed by atoms with van der Waals surface area (Å²) in [7, 11) is 0. The number of fused-ring (bicyclic) bond motifs is 2. The highest BCUT2D eigenvalue weighted by Crippen LogP contribution is 2.28. The van der Waals surface area contributed by atoms with Crippen molar-refractivity contribution in [3.05, 3.63) is 69.5 Å². The molecule has 0 amide bonds. The molecule has 8 heteroatoms. The predicted molar refractivity (Wildman–Crippen MR) is 111 cm³/mol. The zero-order valence-electron chi connectivity index (χ0n) is 14.4. The minimum atomic E-state index is -0.328. The summed E-state index contributed by atoms with van der Waals surface area (Å²) in [6, 6.07) is 7.06. The van der Waals surface area contributed by atoms with Gasteiger partial charge in [-0.15, -0.1) is 12.4 Å². The molecular weight excluding hydrogens is 415 g/mol. The number of aromatic nitrogens is 2. The lowest BCUT2D eigenvalue weighted by Crippen LogP contribution is -1.99. The molecule has 4 N–H and O–H groups in total. The molecule has 27 heavy (non-hydrogen) atoms. The fourth-order valence-electron chi connectivity index (χ4n) is 2.80. The van der Waals surface area contributed by atoms with Crippen LogP contribution in [0.25, 0.3) is 21.8 Å². The molecule has 2 heterocycles. The van der Waals surface area contributed by atoms with Crippen molar-refractivity contribution in [3.8, 4) is 0 Å². The van der Waals surface area contributed by atoms with E-state index in [1.807, 2.05) is 13.0 Å². The van der Waals surface area contributed by atoms with Crippen molar-refractivity contribution in [1.29, 1.82) is 0 Å². The van der Waals surface area contributed by atoms with Crippen LogP contribution in [0.5, 0.6) is 0 Å². The predicted octanol–water partition coefficient (Wildman–Crippen LogP) is 6.36. The summed E-state index contributed by atoms with van der Waals surface area (Å²) in [4.78, 5) is 5.78. The third kappa shape index (κ3) is 4.06. The summed E-state index contributed by atoms with van der Waals surface area (Å²) in [6.07, 6.45) is 3.85. The van der Waals surface area contributed by atoms with Crippen LogP contribution in [0.3, 0.4) is 0 Å². The lowest BCUT2D eigenvalue weighted by Gasteiger charge is -2.00. The van der Waals surface area contributed by atoms with E-state index in [-0.39, 0.29) is 30.6 Å². The first-order chi connectivity index (χ1) is 12.5. The molecule has 0 aliphatic carbocycles. The highest BCUT2D eigenvalue weighted by atomic mass is 35.5. The number of hydrogen-bond acceptors (Lipinski definition) is 1. The van der Waals surface area contributed by atoms with E-state index < -0.39 is 0 Å². The first kappa shape index (κ1) is 21.5. The maximum atomic E-state index is 13.7. The van der Waals surface area contributed by atoms with Crippen molar-refractivity contribution in [1.82, 2.24) is 9.97 Å². The summed E-state index contributed by atoms with van der Waals surface area (Å²) in [5, 5.41) is 1.76. The van der Waals surface area contributed by atoms with Gasteiger partial charge in [-0.3, -0.25) is 0 Å². The molecule has 3 nitrogen and oxygen atoms in total. The molecule has 0 spiro atoms. The normalized spacial score (nSPS) is 10.6. The zero-order chi connectivity index (χ0) is 18.8. The number of rotatable bonds is 2. The van der Waals surface area contributed by atoms with Gasteiger partial charge in [0.25, 0.3) is 0 Å². The van der Waals surface area contributed by atoms with Gasteiger partial charge in [0.2, 0.25) is 0 Å². The first-order valence-corrected chi connectivity index (χ1v) is 8.81. The molecule has 0 bridgehead atoms. The van der Waals surface area contributed by atoms with Crippen LogP contribution in [-0.2, 0) is 13.0 Å². The molecular formula is C19H18Cl3F2N3. The number of halogens is 5. The molecule has 0 saturated heterocycles. The maximum absolute atomic E-state index is 13.7. The summed E-state index contributed by atoms with van der Waals surface area (Å²) in [5.74, 6) is -0.530. The van der Waals surface area contributed by atoms with Gasteiger partial charge in [-0.1, -0.05) is 42.3 Å². The maximum Gasteiger partial charge on any atom is 0.138 e. The number of aryl methyl sites for hydroxylation is 1. The molecule has 2 aromatic carbocycles. The number of benzene rings is 2. The first-order valence-electron chi connectivity index (χ1n) is 8.05. The summed E-state index contributed by atoms with van der Waals surface area (Å²) >= 11 is 11.6. The fraction of sp³-hybridized carbons (Fsp3) is 0.158. The molecule has 0 aliphatic heterocycles. The second-order valence-electron chi connectivity index (χ2n) is 5.75. The Balaban J connectivity index is 0.000000187. The van der Waals surface area contributed by atoms with Gasteiger partial charge in [-0.05, 0) is 24.1 Å². The van der Waals surface area contributed by atoms with Gasteiger partial charge in [-0.25, -0.2) is 8.78 Å². The third-order valence-electron chi connectivity index (χ3n) is 4.23. The second-order valence-corrected chi connectivity index (χ2v) is 6.57. The largest absolute Gasteiger partial charge is 0.360 e. The van der Waals surface area contributed by atoms with Gasteiger partial charge in [0.15, 0.2) is 0 Å². The van der Waals surface area contributed by atoms with Crippen molar-refractivity contribution in [2.75, 3.05) is 0 Å². The van der Waals surface area contributed by atoms with E-state index in [2.05, 4.69) is 9.97 Å². The Morgan fingerprint density at radius 2 is 1.30 bits per heavy atom. The van der Waals surface area contributed by atoms with Crippen LogP contribution >= 0.6 is 35.6 Å².